The summed E-state index contributed by atoms with van der Waals surface area (Å²) in [5.41, 5.74) is 0. The predicted octanol–water partition coefficient (Wildman–Crippen LogP) is 1.05. The number of hydrogen-bond donors (Lipinski definition) is 3. The first-order valence-electron chi connectivity index (χ1n) is 4.80. The van der Waals surface area contributed by atoms with Gasteiger partial charge in [-0.1, -0.05) is 0 Å². The summed E-state index contributed by atoms with van der Waals surface area (Å²) in [6.45, 7) is 0.840. The standard InChI is InChI=1S/C9H17NO3/c11-6-8-3-1-7(2-4-8)5-10-9(12)13/h7-8,10-11H,1-6H2,(H,12,13)/t7-,8-. The Morgan fingerprint density at radius 2 is 1.77 bits per heavy atom. The Morgan fingerprint density at radius 1 is 1.23 bits per heavy atom. The minimum Gasteiger partial charge on any atom is -0.465 e. The Hall–Kier alpha value is -0.770. The van der Waals surface area contributed by atoms with Gasteiger partial charge in [0.15, 0.2) is 0 Å². The Morgan fingerprint density at radius 3 is 2.23 bits per heavy atom. The van der Waals surface area contributed by atoms with E-state index in [9.17, 15) is 4.79 Å². The predicted molar refractivity (Wildman–Crippen MR) is 48.6 cm³/mol. The normalized spacial score (nSPS) is 28.4. The van der Waals surface area contributed by atoms with Gasteiger partial charge >= 0.3 is 6.09 Å². The Balaban J connectivity index is 2.14. The molecule has 1 amide bonds. The molecule has 0 radical (unpaired) electrons. The van der Waals surface area contributed by atoms with Crippen molar-refractivity contribution in [3.8, 4) is 0 Å². The van der Waals surface area contributed by atoms with Crippen molar-refractivity contribution < 1.29 is 15.0 Å². The molecule has 1 fully saturated rings. The molecule has 1 aliphatic rings. The molecular weight excluding hydrogens is 170 g/mol. The van der Waals surface area contributed by atoms with Crippen molar-refractivity contribution in [2.24, 2.45) is 11.8 Å². The van der Waals surface area contributed by atoms with Crippen LogP contribution in [0.4, 0.5) is 4.79 Å². The lowest BCUT2D eigenvalue weighted by molar-refractivity contribution is 0.161. The lowest BCUT2D eigenvalue weighted by Crippen LogP contribution is -2.30. The number of carboxylic acid groups (broad SMARTS) is 1. The van der Waals surface area contributed by atoms with Crippen molar-refractivity contribution in [2.75, 3.05) is 13.2 Å². The molecule has 1 aliphatic carbocycles. The lowest BCUT2D eigenvalue weighted by Gasteiger charge is -2.26. The highest BCUT2D eigenvalue weighted by Gasteiger charge is 2.20. The van der Waals surface area contributed by atoms with Crippen LogP contribution >= 0.6 is 0 Å². The second-order valence-corrected chi connectivity index (χ2v) is 3.76. The lowest BCUT2D eigenvalue weighted by atomic mass is 9.82. The SMILES string of the molecule is O=C(O)NC[C@H]1CC[C@H](CO)CC1. The number of amides is 1. The van der Waals surface area contributed by atoms with Crippen LogP contribution in [-0.4, -0.2) is 29.5 Å². The van der Waals surface area contributed by atoms with Crippen LogP contribution in [0.1, 0.15) is 25.7 Å². The van der Waals surface area contributed by atoms with Gasteiger partial charge in [-0.25, -0.2) is 4.79 Å². The molecule has 4 nitrogen and oxygen atoms in total. The molecule has 1 rings (SSSR count). The van der Waals surface area contributed by atoms with Crippen LogP contribution in [0.2, 0.25) is 0 Å². The van der Waals surface area contributed by atoms with Gasteiger partial charge in [-0.15, -0.1) is 0 Å². The third-order valence-corrected chi connectivity index (χ3v) is 2.77. The summed E-state index contributed by atoms with van der Waals surface area (Å²) < 4.78 is 0. The first-order valence-corrected chi connectivity index (χ1v) is 4.80. The van der Waals surface area contributed by atoms with E-state index in [1.54, 1.807) is 0 Å². The van der Waals surface area contributed by atoms with E-state index >= 15 is 0 Å². The molecule has 0 aromatic heterocycles. The number of nitrogens with one attached hydrogen (secondary N) is 1. The third kappa shape index (κ3) is 3.63. The van der Waals surface area contributed by atoms with Crippen molar-refractivity contribution in [1.29, 1.82) is 0 Å². The van der Waals surface area contributed by atoms with E-state index < -0.39 is 6.09 Å². The van der Waals surface area contributed by atoms with Crippen LogP contribution in [0.5, 0.6) is 0 Å². The van der Waals surface area contributed by atoms with E-state index in [4.69, 9.17) is 10.2 Å². The molecule has 0 heterocycles. The van der Waals surface area contributed by atoms with Gasteiger partial charge in [-0.2, -0.15) is 0 Å². The quantitative estimate of drug-likeness (QED) is 0.618. The zero-order chi connectivity index (χ0) is 9.68. The monoisotopic (exact) mass is 187 g/mol. The van der Waals surface area contributed by atoms with Crippen molar-refractivity contribution >= 4 is 6.09 Å². The summed E-state index contributed by atoms with van der Waals surface area (Å²) >= 11 is 0. The van der Waals surface area contributed by atoms with E-state index in [1.807, 2.05) is 0 Å². The number of aliphatic hydroxyl groups is 1. The molecule has 0 bridgehead atoms. The van der Waals surface area contributed by atoms with Crippen LogP contribution in [0.3, 0.4) is 0 Å². The minimum absolute atomic E-state index is 0.277. The molecule has 0 aromatic carbocycles. The summed E-state index contributed by atoms with van der Waals surface area (Å²) in [6, 6.07) is 0. The van der Waals surface area contributed by atoms with Crippen molar-refractivity contribution in [3.05, 3.63) is 0 Å². The maximum atomic E-state index is 10.2. The number of hydrogen-bond acceptors (Lipinski definition) is 2. The number of rotatable bonds is 3. The molecule has 0 spiro atoms. The maximum absolute atomic E-state index is 10.2. The van der Waals surface area contributed by atoms with E-state index in [0.29, 0.717) is 18.4 Å². The van der Waals surface area contributed by atoms with E-state index in [1.165, 1.54) is 0 Å². The molecule has 1 saturated carbocycles. The highest BCUT2D eigenvalue weighted by atomic mass is 16.4. The molecule has 0 unspecified atom stereocenters. The average Bonchev–Trinajstić information content (AvgIpc) is 2.15. The molecule has 76 valence electrons. The van der Waals surface area contributed by atoms with E-state index in [-0.39, 0.29) is 6.61 Å². The molecule has 0 saturated heterocycles. The van der Waals surface area contributed by atoms with Gasteiger partial charge in [0.1, 0.15) is 0 Å². The van der Waals surface area contributed by atoms with Gasteiger partial charge in [0.2, 0.25) is 0 Å². The van der Waals surface area contributed by atoms with Gasteiger partial charge < -0.3 is 15.5 Å². The Kier molecular flexibility index (Phi) is 4.02. The molecular formula is C9H17NO3. The summed E-state index contributed by atoms with van der Waals surface area (Å²) in [4.78, 5) is 10.2. The molecule has 0 atom stereocenters. The fourth-order valence-corrected chi connectivity index (χ4v) is 1.85. The van der Waals surface area contributed by atoms with E-state index in [2.05, 4.69) is 5.32 Å². The summed E-state index contributed by atoms with van der Waals surface area (Å²) in [5.74, 6) is 0.917. The molecule has 13 heavy (non-hydrogen) atoms. The summed E-state index contributed by atoms with van der Waals surface area (Å²) in [6.07, 6.45) is 3.19. The Bertz CT molecular complexity index is 164. The third-order valence-electron chi connectivity index (χ3n) is 2.77. The van der Waals surface area contributed by atoms with Crippen molar-refractivity contribution in [2.45, 2.75) is 25.7 Å². The van der Waals surface area contributed by atoms with Gasteiger partial charge in [-0.3, -0.25) is 0 Å². The fraction of sp³-hybridized carbons (Fsp3) is 0.889. The summed E-state index contributed by atoms with van der Waals surface area (Å²) in [5, 5.41) is 19.7. The van der Waals surface area contributed by atoms with Crippen molar-refractivity contribution in [1.82, 2.24) is 5.32 Å². The zero-order valence-corrected chi connectivity index (χ0v) is 7.70. The number of carbonyl (C=O) groups is 1. The largest absolute Gasteiger partial charge is 0.465 e. The Labute approximate surface area is 78.0 Å². The van der Waals surface area contributed by atoms with Gasteiger partial charge in [0.25, 0.3) is 0 Å². The summed E-state index contributed by atoms with van der Waals surface area (Å²) in [7, 11) is 0. The molecule has 4 heteroatoms. The highest BCUT2D eigenvalue weighted by molar-refractivity contribution is 5.64. The first kappa shape index (κ1) is 10.3. The van der Waals surface area contributed by atoms with Crippen LogP contribution in [0, 0.1) is 11.8 Å². The second-order valence-electron chi connectivity index (χ2n) is 3.76. The topological polar surface area (TPSA) is 69.6 Å². The van der Waals surface area contributed by atoms with Crippen LogP contribution in [0.25, 0.3) is 0 Å². The maximum Gasteiger partial charge on any atom is 0.404 e. The van der Waals surface area contributed by atoms with E-state index in [0.717, 1.165) is 25.7 Å². The molecule has 0 aromatic rings. The molecule has 0 aliphatic heterocycles. The second kappa shape index (κ2) is 5.07. The van der Waals surface area contributed by atoms with Gasteiger partial charge in [-0.05, 0) is 37.5 Å². The molecule has 3 N–H and O–H groups in total. The first-order chi connectivity index (χ1) is 6.22. The fourth-order valence-electron chi connectivity index (χ4n) is 1.85. The minimum atomic E-state index is -0.940. The zero-order valence-electron chi connectivity index (χ0n) is 7.70. The van der Waals surface area contributed by atoms with Crippen LogP contribution in [0.15, 0.2) is 0 Å². The van der Waals surface area contributed by atoms with Gasteiger partial charge in [0.05, 0.1) is 0 Å². The van der Waals surface area contributed by atoms with Crippen LogP contribution < -0.4 is 5.32 Å². The highest BCUT2D eigenvalue weighted by Crippen LogP contribution is 2.27. The van der Waals surface area contributed by atoms with Crippen LogP contribution in [-0.2, 0) is 0 Å². The number of aliphatic hydroxyl groups excluding tert-OH is 1. The van der Waals surface area contributed by atoms with Crippen molar-refractivity contribution in [3.63, 3.8) is 0 Å². The smallest absolute Gasteiger partial charge is 0.404 e. The van der Waals surface area contributed by atoms with Gasteiger partial charge in [0, 0.05) is 13.2 Å². The average molecular weight is 187 g/mol.